The summed E-state index contributed by atoms with van der Waals surface area (Å²) in [7, 11) is 0. The number of rotatable bonds is 3. The van der Waals surface area contributed by atoms with Crippen LogP contribution in [0, 0.1) is 18.6 Å². The first-order valence-electron chi connectivity index (χ1n) is 4.41. The number of halogens is 2. The lowest BCUT2D eigenvalue weighted by Gasteiger charge is -2.08. The number of aryl methyl sites for hydroxylation is 1. The normalized spacial score (nSPS) is 10.1. The standard InChI is InChI=1S/C10H11F2NOS/c1-6-2-3-7(11)10(9(6)12)13-8(14)4-5-15/h2-3,15H,4-5H2,1H3,(H,13,14). The van der Waals surface area contributed by atoms with Crippen LogP contribution in [-0.2, 0) is 4.79 Å². The number of thiol groups is 1. The minimum atomic E-state index is -0.773. The van der Waals surface area contributed by atoms with Crippen molar-refractivity contribution in [3.05, 3.63) is 29.3 Å². The summed E-state index contributed by atoms with van der Waals surface area (Å²) in [6.45, 7) is 1.50. The summed E-state index contributed by atoms with van der Waals surface area (Å²) < 4.78 is 26.5. The van der Waals surface area contributed by atoms with Crippen molar-refractivity contribution in [3.63, 3.8) is 0 Å². The maximum absolute atomic E-state index is 13.4. The van der Waals surface area contributed by atoms with E-state index in [1.807, 2.05) is 0 Å². The first-order valence-corrected chi connectivity index (χ1v) is 5.05. The quantitative estimate of drug-likeness (QED) is 0.769. The van der Waals surface area contributed by atoms with E-state index in [4.69, 9.17) is 0 Å². The van der Waals surface area contributed by atoms with E-state index in [9.17, 15) is 13.6 Å². The second-order valence-electron chi connectivity index (χ2n) is 3.08. The summed E-state index contributed by atoms with van der Waals surface area (Å²) in [6.07, 6.45) is 0.121. The van der Waals surface area contributed by atoms with Crippen LogP contribution in [-0.4, -0.2) is 11.7 Å². The molecule has 5 heteroatoms. The van der Waals surface area contributed by atoms with Gasteiger partial charge in [0.05, 0.1) is 0 Å². The molecular formula is C10H11F2NOS. The van der Waals surface area contributed by atoms with E-state index in [0.717, 1.165) is 6.07 Å². The zero-order chi connectivity index (χ0) is 11.4. The molecule has 0 radical (unpaired) electrons. The highest BCUT2D eigenvalue weighted by atomic mass is 32.1. The van der Waals surface area contributed by atoms with Crippen molar-refractivity contribution in [2.45, 2.75) is 13.3 Å². The monoisotopic (exact) mass is 231 g/mol. The van der Waals surface area contributed by atoms with Crippen molar-refractivity contribution in [3.8, 4) is 0 Å². The molecule has 82 valence electrons. The van der Waals surface area contributed by atoms with Gasteiger partial charge in [0.15, 0.2) is 5.82 Å². The maximum atomic E-state index is 13.4. The Balaban J connectivity index is 2.93. The highest BCUT2D eigenvalue weighted by molar-refractivity contribution is 7.80. The Hall–Kier alpha value is -1.10. The molecule has 1 aromatic carbocycles. The minimum absolute atomic E-state index is 0.121. The van der Waals surface area contributed by atoms with E-state index in [0.29, 0.717) is 5.75 Å². The molecule has 1 aromatic rings. The third kappa shape index (κ3) is 2.92. The number of anilines is 1. The molecule has 1 amide bonds. The largest absolute Gasteiger partial charge is 0.321 e. The van der Waals surface area contributed by atoms with Crippen LogP contribution in [0.2, 0.25) is 0 Å². The zero-order valence-electron chi connectivity index (χ0n) is 8.18. The maximum Gasteiger partial charge on any atom is 0.225 e. The van der Waals surface area contributed by atoms with Crippen LogP contribution in [0.5, 0.6) is 0 Å². The fourth-order valence-electron chi connectivity index (χ4n) is 1.07. The predicted octanol–water partition coefficient (Wildman–Crippen LogP) is 2.53. The molecule has 0 bridgehead atoms. The molecular weight excluding hydrogens is 220 g/mol. The van der Waals surface area contributed by atoms with E-state index >= 15 is 0 Å². The lowest BCUT2D eigenvalue weighted by atomic mass is 10.2. The Kier molecular flexibility index (Phi) is 4.08. The molecule has 0 fully saturated rings. The average Bonchev–Trinajstić information content (AvgIpc) is 2.19. The van der Waals surface area contributed by atoms with Crippen LogP contribution in [0.1, 0.15) is 12.0 Å². The number of carbonyl (C=O) groups excluding carboxylic acids is 1. The second kappa shape index (κ2) is 5.11. The minimum Gasteiger partial charge on any atom is -0.321 e. The summed E-state index contributed by atoms with van der Waals surface area (Å²) >= 11 is 3.85. The van der Waals surface area contributed by atoms with Gasteiger partial charge in [-0.1, -0.05) is 6.07 Å². The first-order chi connectivity index (χ1) is 7.06. The van der Waals surface area contributed by atoms with E-state index in [2.05, 4.69) is 17.9 Å². The van der Waals surface area contributed by atoms with Gasteiger partial charge in [0, 0.05) is 6.42 Å². The van der Waals surface area contributed by atoms with Crippen LogP contribution in [0.4, 0.5) is 14.5 Å². The van der Waals surface area contributed by atoms with Crippen molar-refractivity contribution in [1.29, 1.82) is 0 Å². The van der Waals surface area contributed by atoms with Crippen molar-refractivity contribution < 1.29 is 13.6 Å². The van der Waals surface area contributed by atoms with Crippen LogP contribution >= 0.6 is 12.6 Å². The highest BCUT2D eigenvalue weighted by Gasteiger charge is 2.13. The van der Waals surface area contributed by atoms with Gasteiger partial charge >= 0.3 is 0 Å². The van der Waals surface area contributed by atoms with Gasteiger partial charge in [0.1, 0.15) is 11.5 Å². The molecule has 2 nitrogen and oxygen atoms in total. The van der Waals surface area contributed by atoms with Crippen LogP contribution < -0.4 is 5.32 Å². The topological polar surface area (TPSA) is 29.1 Å². The Bertz CT molecular complexity index is 382. The molecule has 0 unspecified atom stereocenters. The van der Waals surface area contributed by atoms with Crippen molar-refractivity contribution in [1.82, 2.24) is 0 Å². The third-order valence-electron chi connectivity index (χ3n) is 1.89. The van der Waals surface area contributed by atoms with Gasteiger partial charge in [-0.2, -0.15) is 12.6 Å². The summed E-state index contributed by atoms with van der Waals surface area (Å²) in [5.74, 6) is -1.62. The SMILES string of the molecule is Cc1ccc(F)c(NC(=O)CCS)c1F. The smallest absolute Gasteiger partial charge is 0.225 e. The molecule has 15 heavy (non-hydrogen) atoms. The molecule has 1 N–H and O–H groups in total. The zero-order valence-corrected chi connectivity index (χ0v) is 9.07. The van der Waals surface area contributed by atoms with Gasteiger partial charge in [-0.05, 0) is 24.3 Å². The van der Waals surface area contributed by atoms with Gasteiger partial charge in [0.2, 0.25) is 5.91 Å². The molecule has 0 heterocycles. The van der Waals surface area contributed by atoms with E-state index in [1.165, 1.54) is 13.0 Å². The Morgan fingerprint density at radius 1 is 1.47 bits per heavy atom. The third-order valence-corrected chi connectivity index (χ3v) is 2.11. The summed E-state index contributed by atoms with van der Waals surface area (Å²) in [5.41, 5.74) is -0.0978. The van der Waals surface area contributed by atoms with Gasteiger partial charge in [-0.15, -0.1) is 0 Å². The predicted molar refractivity (Wildman–Crippen MR) is 58.2 cm³/mol. The van der Waals surface area contributed by atoms with Gasteiger partial charge in [0.25, 0.3) is 0 Å². The van der Waals surface area contributed by atoms with Crippen molar-refractivity contribution in [2.75, 3.05) is 11.1 Å². The number of amides is 1. The lowest BCUT2D eigenvalue weighted by molar-refractivity contribution is -0.115. The van der Waals surface area contributed by atoms with Crippen molar-refractivity contribution >= 4 is 24.2 Å². The number of hydrogen-bond acceptors (Lipinski definition) is 2. The highest BCUT2D eigenvalue weighted by Crippen LogP contribution is 2.21. The van der Waals surface area contributed by atoms with Gasteiger partial charge in [-0.3, -0.25) is 4.79 Å². The molecule has 0 saturated carbocycles. The fraction of sp³-hybridized carbons (Fsp3) is 0.300. The summed E-state index contributed by atoms with van der Waals surface area (Å²) in [5, 5.41) is 2.18. The Labute approximate surface area is 92.1 Å². The van der Waals surface area contributed by atoms with Gasteiger partial charge < -0.3 is 5.32 Å². The molecule has 0 aromatic heterocycles. The summed E-state index contributed by atoms with van der Waals surface area (Å²) in [4.78, 5) is 11.1. The van der Waals surface area contributed by atoms with E-state index in [1.54, 1.807) is 0 Å². The molecule has 0 spiro atoms. The average molecular weight is 231 g/mol. The van der Waals surface area contributed by atoms with Gasteiger partial charge in [-0.25, -0.2) is 8.78 Å². The summed E-state index contributed by atoms with van der Waals surface area (Å²) in [6, 6.07) is 2.44. The molecule has 0 atom stereocenters. The molecule has 0 aliphatic heterocycles. The first kappa shape index (κ1) is 12.0. The number of carbonyl (C=O) groups is 1. The van der Waals surface area contributed by atoms with Crippen LogP contribution in [0.15, 0.2) is 12.1 Å². The van der Waals surface area contributed by atoms with E-state index < -0.39 is 17.5 Å². The Morgan fingerprint density at radius 3 is 2.73 bits per heavy atom. The van der Waals surface area contributed by atoms with Crippen molar-refractivity contribution in [2.24, 2.45) is 0 Å². The number of nitrogens with one attached hydrogen (secondary N) is 1. The molecule has 1 rings (SSSR count). The number of benzene rings is 1. The molecule has 0 aliphatic carbocycles. The lowest BCUT2D eigenvalue weighted by Crippen LogP contribution is -2.14. The Morgan fingerprint density at radius 2 is 2.13 bits per heavy atom. The van der Waals surface area contributed by atoms with Crippen LogP contribution in [0.3, 0.4) is 0 Å². The molecule has 0 aliphatic rings. The van der Waals surface area contributed by atoms with Crippen LogP contribution in [0.25, 0.3) is 0 Å². The number of hydrogen-bond donors (Lipinski definition) is 2. The van der Waals surface area contributed by atoms with E-state index in [-0.39, 0.29) is 17.7 Å². The molecule has 0 saturated heterocycles. The second-order valence-corrected chi connectivity index (χ2v) is 3.52. The fourth-order valence-corrected chi connectivity index (χ4v) is 1.28.